The van der Waals surface area contributed by atoms with Crippen LogP contribution >= 0.6 is 0 Å². The fraction of sp³-hybridized carbons (Fsp3) is 0.538. The Morgan fingerprint density at radius 3 is 2.54 bits per heavy atom. The number of rotatable bonds is 9. The summed E-state index contributed by atoms with van der Waals surface area (Å²) in [7, 11) is 1.71. The number of aliphatic hydroxyl groups is 1. The molecule has 0 aliphatic heterocycles. The first-order chi connectivity index (χ1) is 17.6. The number of nitrogens with one attached hydrogen (secondary N) is 1. The van der Waals surface area contributed by atoms with E-state index in [-0.39, 0.29) is 36.1 Å². The fourth-order valence-corrected chi connectivity index (χ4v) is 4.81. The van der Waals surface area contributed by atoms with E-state index in [2.05, 4.69) is 15.5 Å². The number of carbonyl (C=O) groups is 2. The number of hydrogen-bond donors (Lipinski definition) is 3. The molecule has 11 nitrogen and oxygen atoms in total. The summed E-state index contributed by atoms with van der Waals surface area (Å²) in [6.07, 6.45) is 8.10. The predicted molar refractivity (Wildman–Crippen MR) is 135 cm³/mol. The lowest BCUT2D eigenvalue weighted by atomic mass is 9.92. The first-order valence-electron chi connectivity index (χ1n) is 12.8. The van der Waals surface area contributed by atoms with Gasteiger partial charge in [-0.1, -0.05) is 0 Å². The van der Waals surface area contributed by atoms with Crippen molar-refractivity contribution in [2.24, 2.45) is 12.8 Å². The van der Waals surface area contributed by atoms with Gasteiger partial charge < -0.3 is 25.6 Å². The first-order valence-corrected chi connectivity index (χ1v) is 12.8. The number of fused-ring (bicyclic) bond motifs is 1. The molecule has 2 saturated carbocycles. The van der Waals surface area contributed by atoms with Gasteiger partial charge in [0.05, 0.1) is 28.6 Å². The smallest absolute Gasteiger partial charge is 0.255 e. The Labute approximate surface area is 214 Å². The monoisotopic (exact) mass is 510 g/mol. The first kappa shape index (κ1) is 25.1. The Balaban J connectivity index is 1.23. The molecule has 0 atom stereocenters. The molecule has 2 aliphatic rings. The molecule has 5 rings (SSSR count). The third-order valence-electron chi connectivity index (χ3n) is 6.82. The summed E-state index contributed by atoms with van der Waals surface area (Å²) in [5, 5.41) is 21.9. The average molecular weight is 511 g/mol. The van der Waals surface area contributed by atoms with E-state index < -0.39 is 11.5 Å². The van der Waals surface area contributed by atoms with Gasteiger partial charge in [-0.3, -0.25) is 14.3 Å². The molecular weight excluding hydrogens is 476 g/mol. The summed E-state index contributed by atoms with van der Waals surface area (Å²) in [6, 6.07) is 3.73. The summed E-state index contributed by atoms with van der Waals surface area (Å²) >= 11 is 0. The highest BCUT2D eigenvalue weighted by Gasteiger charge is 2.32. The molecule has 198 valence electrons. The van der Waals surface area contributed by atoms with Crippen molar-refractivity contribution in [1.82, 2.24) is 24.7 Å². The number of ether oxygens (including phenoxy) is 2. The highest BCUT2D eigenvalue weighted by Crippen LogP contribution is 2.44. The molecule has 3 heterocycles. The number of hydrogen-bond acceptors (Lipinski definition) is 7. The third-order valence-corrected chi connectivity index (χ3v) is 6.82. The zero-order valence-electron chi connectivity index (χ0n) is 21.4. The highest BCUT2D eigenvalue weighted by molar-refractivity contribution is 6.01. The van der Waals surface area contributed by atoms with Crippen LogP contribution in [-0.4, -0.2) is 60.7 Å². The van der Waals surface area contributed by atoms with Crippen LogP contribution < -0.4 is 20.5 Å². The van der Waals surface area contributed by atoms with Gasteiger partial charge in [-0.2, -0.15) is 5.10 Å². The zero-order valence-corrected chi connectivity index (χ0v) is 21.4. The van der Waals surface area contributed by atoms with E-state index in [1.807, 2.05) is 12.1 Å². The van der Waals surface area contributed by atoms with Gasteiger partial charge in [0.1, 0.15) is 24.0 Å². The van der Waals surface area contributed by atoms with Gasteiger partial charge in [0.25, 0.3) is 11.8 Å². The quantitative estimate of drug-likeness (QED) is 0.400. The van der Waals surface area contributed by atoms with Crippen LogP contribution in [0.5, 0.6) is 11.6 Å². The van der Waals surface area contributed by atoms with Crippen LogP contribution in [0.1, 0.15) is 84.7 Å². The fourth-order valence-electron chi connectivity index (χ4n) is 4.81. The normalized spacial score (nSPS) is 20.1. The molecule has 0 radical (unpaired) electrons. The largest absolute Gasteiger partial charge is 0.489 e. The van der Waals surface area contributed by atoms with Crippen LogP contribution in [0.25, 0.3) is 5.52 Å². The van der Waals surface area contributed by atoms with Crippen LogP contribution in [-0.2, 0) is 7.05 Å². The van der Waals surface area contributed by atoms with Gasteiger partial charge in [0.2, 0.25) is 5.88 Å². The van der Waals surface area contributed by atoms with Crippen molar-refractivity contribution < 1.29 is 24.2 Å². The Kier molecular flexibility index (Phi) is 6.57. The number of nitrogens with zero attached hydrogens (tertiary/aromatic N) is 4. The minimum absolute atomic E-state index is 0.0129. The zero-order chi connectivity index (χ0) is 26.3. The summed E-state index contributed by atoms with van der Waals surface area (Å²) in [6.45, 7) is 3.58. The molecule has 3 aromatic rings. The lowest BCUT2D eigenvalue weighted by Crippen LogP contribution is -2.39. The van der Waals surface area contributed by atoms with Crippen LogP contribution in [0.15, 0.2) is 24.5 Å². The number of primary amides is 1. The van der Waals surface area contributed by atoms with Crippen molar-refractivity contribution in [1.29, 1.82) is 0 Å². The van der Waals surface area contributed by atoms with E-state index in [1.165, 1.54) is 4.68 Å². The third kappa shape index (κ3) is 5.56. The van der Waals surface area contributed by atoms with Crippen molar-refractivity contribution in [3.63, 3.8) is 0 Å². The number of pyridine rings is 1. The minimum Gasteiger partial charge on any atom is -0.489 e. The maximum absolute atomic E-state index is 13.2. The van der Waals surface area contributed by atoms with E-state index in [1.54, 1.807) is 37.8 Å². The van der Waals surface area contributed by atoms with Gasteiger partial charge in [-0.05, 0) is 64.5 Å². The van der Waals surface area contributed by atoms with Crippen LogP contribution in [0.2, 0.25) is 0 Å². The van der Waals surface area contributed by atoms with Gasteiger partial charge in [-0.15, -0.1) is 5.10 Å². The van der Waals surface area contributed by atoms with Crippen LogP contribution in [0.3, 0.4) is 0 Å². The summed E-state index contributed by atoms with van der Waals surface area (Å²) in [5.41, 5.74) is 6.95. The lowest BCUT2D eigenvalue weighted by molar-refractivity contribution is 0.0279. The number of amides is 2. The topological polar surface area (TPSA) is 146 Å². The van der Waals surface area contributed by atoms with Gasteiger partial charge in [0, 0.05) is 25.2 Å². The van der Waals surface area contributed by atoms with Gasteiger partial charge in [-0.25, -0.2) is 4.52 Å². The molecule has 4 N–H and O–H groups in total. The Bertz CT molecular complexity index is 1310. The van der Waals surface area contributed by atoms with Crippen molar-refractivity contribution >= 4 is 17.3 Å². The highest BCUT2D eigenvalue weighted by atomic mass is 16.5. The summed E-state index contributed by atoms with van der Waals surface area (Å²) in [4.78, 5) is 24.8. The van der Waals surface area contributed by atoms with Crippen molar-refractivity contribution in [3.8, 4) is 11.6 Å². The lowest BCUT2D eigenvalue weighted by Gasteiger charge is -2.29. The standard InChI is InChI=1S/C26H34N6O5/c1-26(2,35)14-36-21-11-10-20-18(12-28-32(20)22(21)15-4-5-15)24(34)29-16-6-8-17(9-7-16)37-25-19(23(27)33)13-31(3)30-25/h10-13,15-17,35H,4-9,14H2,1-3H3,(H2,27,33)(H,29,34). The number of carbonyl (C=O) groups excluding carboxylic acids is 2. The Morgan fingerprint density at radius 2 is 1.89 bits per heavy atom. The summed E-state index contributed by atoms with van der Waals surface area (Å²) < 4.78 is 15.2. The molecule has 11 heteroatoms. The van der Waals surface area contributed by atoms with E-state index in [4.69, 9.17) is 15.2 Å². The molecule has 0 aromatic carbocycles. The second-order valence-corrected chi connectivity index (χ2v) is 10.8. The van der Waals surface area contributed by atoms with Crippen molar-refractivity contribution in [2.45, 2.75) is 76.0 Å². The maximum Gasteiger partial charge on any atom is 0.255 e. The van der Waals surface area contributed by atoms with Crippen molar-refractivity contribution in [2.75, 3.05) is 6.61 Å². The molecule has 2 fully saturated rings. The molecule has 3 aromatic heterocycles. The molecule has 37 heavy (non-hydrogen) atoms. The predicted octanol–water partition coefficient (Wildman–Crippen LogP) is 2.31. The van der Waals surface area contributed by atoms with Crippen LogP contribution in [0, 0.1) is 0 Å². The molecule has 0 bridgehead atoms. The van der Waals surface area contributed by atoms with E-state index in [0.29, 0.717) is 17.2 Å². The van der Waals surface area contributed by atoms with Gasteiger partial charge in [0.15, 0.2) is 0 Å². The number of nitrogens with two attached hydrogens (primary N) is 1. The van der Waals surface area contributed by atoms with Crippen molar-refractivity contribution in [3.05, 3.63) is 41.3 Å². The molecular formula is C26H34N6O5. The number of aromatic nitrogens is 4. The molecule has 0 spiro atoms. The molecule has 0 saturated heterocycles. The average Bonchev–Trinajstić information content (AvgIpc) is 3.47. The molecule has 2 amide bonds. The minimum atomic E-state index is -0.948. The number of aryl methyl sites for hydroxylation is 1. The second-order valence-electron chi connectivity index (χ2n) is 10.8. The van der Waals surface area contributed by atoms with E-state index >= 15 is 0 Å². The van der Waals surface area contributed by atoms with Gasteiger partial charge >= 0.3 is 0 Å². The Morgan fingerprint density at radius 1 is 1.16 bits per heavy atom. The maximum atomic E-state index is 13.2. The molecule has 0 unspecified atom stereocenters. The van der Waals surface area contributed by atoms with E-state index in [9.17, 15) is 14.7 Å². The Hall–Kier alpha value is -3.60. The SMILES string of the molecule is Cn1cc(C(N)=O)c(OC2CCC(NC(=O)c3cnn4c(C5CC5)c(OCC(C)(C)O)ccc34)CC2)n1. The van der Waals surface area contributed by atoms with E-state index in [0.717, 1.165) is 49.7 Å². The summed E-state index contributed by atoms with van der Waals surface area (Å²) in [5.74, 6) is 0.551. The second kappa shape index (κ2) is 9.70. The molecule has 2 aliphatic carbocycles. The van der Waals surface area contributed by atoms with Crippen LogP contribution in [0.4, 0.5) is 0 Å².